The summed E-state index contributed by atoms with van der Waals surface area (Å²) >= 11 is 0. The number of benzene rings is 1. The van der Waals surface area contributed by atoms with Crippen molar-refractivity contribution in [1.29, 1.82) is 0 Å². The highest BCUT2D eigenvalue weighted by Gasteiger charge is 2.39. The second kappa shape index (κ2) is 4.59. The Kier molecular flexibility index (Phi) is 2.89. The molecule has 0 saturated carbocycles. The Bertz CT molecular complexity index is 595. The molecule has 0 aliphatic carbocycles. The molecule has 2 heterocycles. The quantitative estimate of drug-likeness (QED) is 0.603. The maximum Gasteiger partial charge on any atom is 0.270 e. The molecule has 0 aromatic heterocycles. The van der Waals surface area contributed by atoms with Gasteiger partial charge in [0.15, 0.2) is 0 Å². The van der Waals surface area contributed by atoms with Gasteiger partial charge < -0.3 is 4.90 Å². The van der Waals surface area contributed by atoms with Gasteiger partial charge in [-0.15, -0.1) is 0 Å². The molecule has 1 fully saturated rings. The van der Waals surface area contributed by atoms with Crippen LogP contribution in [0.25, 0.3) is 0 Å². The number of hydrogen-bond donors (Lipinski definition) is 0. The fourth-order valence-corrected chi connectivity index (χ4v) is 2.63. The predicted molar refractivity (Wildman–Crippen MR) is 71.9 cm³/mol. The topological polar surface area (TPSA) is 57.7 Å². The van der Waals surface area contributed by atoms with E-state index in [0.717, 1.165) is 17.7 Å². The number of imide groups is 1. The van der Waals surface area contributed by atoms with Crippen molar-refractivity contribution in [3.8, 4) is 0 Å². The number of fused-ring (bicyclic) bond motifs is 1. The molecule has 1 saturated heterocycles. The van der Waals surface area contributed by atoms with E-state index < -0.39 is 11.8 Å². The van der Waals surface area contributed by atoms with Gasteiger partial charge in [0.1, 0.15) is 5.70 Å². The van der Waals surface area contributed by atoms with Gasteiger partial charge in [0.05, 0.1) is 11.1 Å². The fraction of sp³-hybridized carbons (Fsp3) is 0.267. The van der Waals surface area contributed by atoms with Gasteiger partial charge in [-0.2, -0.15) is 0 Å². The molecule has 20 heavy (non-hydrogen) atoms. The van der Waals surface area contributed by atoms with E-state index in [1.54, 1.807) is 29.2 Å². The minimum atomic E-state index is -0.469. The molecule has 3 rings (SSSR count). The zero-order valence-corrected chi connectivity index (χ0v) is 11.0. The monoisotopic (exact) mass is 270 g/mol. The van der Waals surface area contributed by atoms with E-state index in [0.29, 0.717) is 24.2 Å². The summed E-state index contributed by atoms with van der Waals surface area (Å²) in [5.74, 6) is -1.27. The van der Waals surface area contributed by atoms with Crippen LogP contribution in [0, 0.1) is 0 Å². The Balaban J connectivity index is 1.89. The summed E-state index contributed by atoms with van der Waals surface area (Å²) < 4.78 is 0. The maximum absolute atomic E-state index is 12.3. The van der Waals surface area contributed by atoms with Crippen LogP contribution in [0.1, 0.15) is 33.6 Å². The highest BCUT2D eigenvalue weighted by atomic mass is 16.2. The van der Waals surface area contributed by atoms with Crippen molar-refractivity contribution >= 4 is 17.7 Å². The zero-order chi connectivity index (χ0) is 14.3. The number of carbonyl (C=O) groups excluding carboxylic acids is 3. The predicted octanol–water partition coefficient (Wildman–Crippen LogP) is 1.42. The lowest BCUT2D eigenvalue weighted by Gasteiger charge is -2.21. The van der Waals surface area contributed by atoms with Gasteiger partial charge in [0, 0.05) is 13.1 Å². The average molecular weight is 270 g/mol. The van der Waals surface area contributed by atoms with Crippen molar-refractivity contribution in [2.45, 2.75) is 12.8 Å². The van der Waals surface area contributed by atoms with Gasteiger partial charge >= 0.3 is 0 Å². The van der Waals surface area contributed by atoms with Crippen LogP contribution in [0.5, 0.6) is 0 Å². The maximum atomic E-state index is 12.3. The molecule has 2 aliphatic heterocycles. The van der Waals surface area contributed by atoms with Crippen molar-refractivity contribution in [3.63, 3.8) is 0 Å². The summed E-state index contributed by atoms with van der Waals surface area (Å²) in [4.78, 5) is 39.3. The lowest BCUT2D eigenvalue weighted by atomic mass is 10.1. The molecule has 1 aromatic rings. The van der Waals surface area contributed by atoms with Crippen molar-refractivity contribution < 1.29 is 14.4 Å². The normalized spacial score (nSPS) is 17.6. The van der Waals surface area contributed by atoms with Gasteiger partial charge in [0.2, 0.25) is 0 Å². The summed E-state index contributed by atoms with van der Waals surface area (Å²) in [5.41, 5.74) is 0.596. The van der Waals surface area contributed by atoms with Crippen LogP contribution in [-0.4, -0.2) is 40.6 Å². The van der Waals surface area contributed by atoms with Crippen molar-refractivity contribution in [3.05, 3.63) is 47.7 Å². The third-order valence-corrected chi connectivity index (χ3v) is 3.70. The van der Waals surface area contributed by atoms with E-state index in [9.17, 15) is 14.4 Å². The molecule has 1 aromatic carbocycles. The van der Waals surface area contributed by atoms with E-state index in [1.807, 2.05) is 0 Å². The van der Waals surface area contributed by atoms with E-state index in [4.69, 9.17) is 0 Å². The molecule has 102 valence electrons. The molecule has 0 bridgehead atoms. The van der Waals surface area contributed by atoms with Gasteiger partial charge in [-0.05, 0) is 25.0 Å². The summed E-state index contributed by atoms with van der Waals surface area (Å²) in [5, 5.41) is 0. The summed E-state index contributed by atoms with van der Waals surface area (Å²) in [6.07, 6.45) is 1.89. The minimum Gasteiger partial charge on any atom is -0.337 e. The van der Waals surface area contributed by atoms with E-state index >= 15 is 0 Å². The minimum absolute atomic E-state index is 0.0573. The third kappa shape index (κ3) is 1.74. The Hall–Kier alpha value is -2.43. The van der Waals surface area contributed by atoms with Gasteiger partial charge in [0.25, 0.3) is 17.7 Å². The zero-order valence-electron chi connectivity index (χ0n) is 11.0. The Morgan fingerprint density at radius 3 is 2.00 bits per heavy atom. The largest absolute Gasteiger partial charge is 0.337 e. The Morgan fingerprint density at radius 1 is 1.00 bits per heavy atom. The van der Waals surface area contributed by atoms with Crippen LogP contribution in [-0.2, 0) is 4.79 Å². The Labute approximate surface area is 116 Å². The molecule has 0 atom stereocenters. The SMILES string of the molecule is C=C(C(=O)N1CCCC1)N1C(=O)c2ccccc2C1=O. The lowest BCUT2D eigenvalue weighted by molar-refractivity contribution is -0.127. The first kappa shape index (κ1) is 12.6. The number of hydrogen-bond acceptors (Lipinski definition) is 3. The number of amides is 3. The Morgan fingerprint density at radius 2 is 1.50 bits per heavy atom. The smallest absolute Gasteiger partial charge is 0.270 e. The number of likely N-dealkylation sites (tertiary alicyclic amines) is 1. The molecule has 0 radical (unpaired) electrons. The van der Waals surface area contributed by atoms with Gasteiger partial charge in [-0.1, -0.05) is 18.7 Å². The molecule has 5 nitrogen and oxygen atoms in total. The highest BCUT2D eigenvalue weighted by molar-refractivity contribution is 6.24. The lowest BCUT2D eigenvalue weighted by Crippen LogP contribution is -2.39. The van der Waals surface area contributed by atoms with Crippen molar-refractivity contribution in [1.82, 2.24) is 9.80 Å². The number of nitrogens with zero attached hydrogens (tertiary/aromatic N) is 2. The molecule has 2 aliphatic rings. The summed E-state index contributed by atoms with van der Waals surface area (Å²) in [7, 11) is 0. The molecular formula is C15H14N2O3. The van der Waals surface area contributed by atoms with Crippen LogP contribution in [0.15, 0.2) is 36.5 Å². The molecule has 0 N–H and O–H groups in total. The highest BCUT2D eigenvalue weighted by Crippen LogP contribution is 2.26. The molecule has 0 unspecified atom stereocenters. The average Bonchev–Trinajstić information content (AvgIpc) is 3.07. The van der Waals surface area contributed by atoms with Crippen LogP contribution in [0.4, 0.5) is 0 Å². The summed E-state index contributed by atoms with van der Waals surface area (Å²) in [6, 6.07) is 6.56. The standard InChI is InChI=1S/C15H14N2O3/c1-10(13(18)16-8-4-5-9-16)17-14(19)11-6-2-3-7-12(11)15(17)20/h2-3,6-7H,1,4-5,8-9H2. The molecule has 5 heteroatoms. The number of carbonyl (C=O) groups is 3. The van der Waals surface area contributed by atoms with E-state index in [2.05, 4.69) is 6.58 Å². The second-order valence-electron chi connectivity index (χ2n) is 4.94. The van der Waals surface area contributed by atoms with Crippen molar-refractivity contribution in [2.75, 3.05) is 13.1 Å². The molecule has 0 spiro atoms. The van der Waals surface area contributed by atoms with Crippen LogP contribution < -0.4 is 0 Å². The first-order chi connectivity index (χ1) is 9.61. The van der Waals surface area contributed by atoms with Crippen LogP contribution in [0.3, 0.4) is 0 Å². The molecule has 3 amide bonds. The first-order valence-corrected chi connectivity index (χ1v) is 6.57. The molecular weight excluding hydrogens is 256 g/mol. The van der Waals surface area contributed by atoms with Gasteiger partial charge in [-0.25, -0.2) is 4.90 Å². The van der Waals surface area contributed by atoms with E-state index in [1.165, 1.54) is 0 Å². The van der Waals surface area contributed by atoms with Gasteiger partial charge in [-0.3, -0.25) is 14.4 Å². The van der Waals surface area contributed by atoms with Crippen molar-refractivity contribution in [2.24, 2.45) is 0 Å². The second-order valence-corrected chi connectivity index (χ2v) is 4.94. The fourth-order valence-electron chi connectivity index (χ4n) is 2.63. The number of rotatable bonds is 2. The third-order valence-electron chi connectivity index (χ3n) is 3.70. The van der Waals surface area contributed by atoms with Crippen LogP contribution in [0.2, 0.25) is 0 Å². The van der Waals surface area contributed by atoms with Crippen LogP contribution >= 0.6 is 0 Å². The van der Waals surface area contributed by atoms with E-state index in [-0.39, 0.29) is 11.6 Å². The first-order valence-electron chi connectivity index (χ1n) is 6.57. The summed E-state index contributed by atoms with van der Waals surface area (Å²) in [6.45, 7) is 4.97.